The molecule has 0 aliphatic carbocycles. The average Bonchev–Trinajstić information content (AvgIpc) is 2.99. The number of ketones is 1. The Morgan fingerprint density at radius 3 is 2.33 bits per heavy atom. The van der Waals surface area contributed by atoms with Gasteiger partial charge in [-0.2, -0.15) is 0 Å². The number of methoxy groups -OCH3 is 1. The number of aliphatic hydroxyl groups is 1. The Morgan fingerprint density at radius 1 is 1.17 bits per heavy atom. The highest BCUT2D eigenvalue weighted by Crippen LogP contribution is 2.38. The van der Waals surface area contributed by atoms with E-state index in [1.54, 1.807) is 38.3 Å². The summed E-state index contributed by atoms with van der Waals surface area (Å²) in [5, 5.41) is 23.5. The monoisotopic (exact) mass is 411 g/mol. The molecule has 1 amide bonds. The number of hydrogen-bond donors (Lipinski definition) is 2. The van der Waals surface area contributed by atoms with Gasteiger partial charge in [-0.15, -0.1) is 0 Å². The van der Waals surface area contributed by atoms with Gasteiger partial charge in [0.1, 0.15) is 5.75 Å². The molecule has 0 bridgehead atoms. The first kappa shape index (κ1) is 21.0. The van der Waals surface area contributed by atoms with E-state index in [0.717, 1.165) is 0 Å². The van der Waals surface area contributed by atoms with Gasteiger partial charge in [-0.1, -0.05) is 0 Å². The summed E-state index contributed by atoms with van der Waals surface area (Å²) in [6.07, 6.45) is 0. The molecular formula is C21H21N3O6. The van der Waals surface area contributed by atoms with Crippen LogP contribution in [0.15, 0.2) is 59.8 Å². The van der Waals surface area contributed by atoms with Crippen molar-refractivity contribution in [3.8, 4) is 5.75 Å². The maximum atomic E-state index is 12.8. The van der Waals surface area contributed by atoms with E-state index in [1.165, 1.54) is 29.2 Å². The van der Waals surface area contributed by atoms with Gasteiger partial charge in [-0.3, -0.25) is 19.7 Å². The number of aliphatic hydroxyl groups excluding tert-OH is 1. The molecule has 1 saturated heterocycles. The summed E-state index contributed by atoms with van der Waals surface area (Å²) >= 11 is 0. The number of benzene rings is 2. The van der Waals surface area contributed by atoms with Crippen molar-refractivity contribution in [3.05, 3.63) is 75.5 Å². The van der Waals surface area contributed by atoms with E-state index in [2.05, 4.69) is 5.32 Å². The minimum absolute atomic E-state index is 0.0362. The highest BCUT2D eigenvalue weighted by atomic mass is 16.6. The Morgan fingerprint density at radius 2 is 1.80 bits per heavy atom. The Labute approximate surface area is 172 Å². The number of rotatable bonds is 7. The molecule has 1 heterocycles. The fraction of sp³-hybridized carbons (Fsp3) is 0.238. The fourth-order valence-corrected chi connectivity index (χ4v) is 3.44. The van der Waals surface area contributed by atoms with Crippen LogP contribution in [0.2, 0.25) is 0 Å². The van der Waals surface area contributed by atoms with Crippen molar-refractivity contribution in [2.75, 3.05) is 25.6 Å². The van der Waals surface area contributed by atoms with Crippen LogP contribution in [0, 0.1) is 10.1 Å². The van der Waals surface area contributed by atoms with E-state index in [-0.39, 0.29) is 24.4 Å². The summed E-state index contributed by atoms with van der Waals surface area (Å²) < 4.78 is 5.13. The zero-order chi connectivity index (χ0) is 21.8. The van der Waals surface area contributed by atoms with Crippen molar-refractivity contribution in [1.82, 2.24) is 4.90 Å². The third-order valence-electron chi connectivity index (χ3n) is 4.87. The highest BCUT2D eigenvalue weighted by molar-refractivity contribution is 6.45. The lowest BCUT2D eigenvalue weighted by Crippen LogP contribution is -2.32. The molecule has 3 rings (SSSR count). The minimum Gasteiger partial charge on any atom is -0.497 e. The number of carbonyl (C=O) groups excluding carboxylic acids is 2. The zero-order valence-corrected chi connectivity index (χ0v) is 16.5. The van der Waals surface area contributed by atoms with Crippen LogP contribution in [0.4, 0.5) is 11.4 Å². The first-order chi connectivity index (χ1) is 14.4. The second-order valence-corrected chi connectivity index (χ2v) is 6.69. The van der Waals surface area contributed by atoms with Crippen LogP contribution in [0.5, 0.6) is 5.75 Å². The Kier molecular flexibility index (Phi) is 6.12. The van der Waals surface area contributed by atoms with Gasteiger partial charge in [0, 0.05) is 30.1 Å². The maximum Gasteiger partial charge on any atom is 0.295 e. The standard InChI is InChI=1S/C21H21N3O6/c1-13(22-15-5-9-17(30-2)10-6-15)18-19(23(11-12-25)21(27)20(18)26)14-3-7-16(8-4-14)24(28)29/h3-10,19,22,25H,11-12H2,1-2H3/b18-13-/t19-/m1/s1. The molecule has 0 saturated carbocycles. The fourth-order valence-electron chi connectivity index (χ4n) is 3.44. The van der Waals surface area contributed by atoms with Crippen LogP contribution >= 0.6 is 0 Å². The molecule has 1 aliphatic rings. The van der Waals surface area contributed by atoms with Crippen molar-refractivity contribution < 1.29 is 24.4 Å². The molecule has 0 radical (unpaired) electrons. The Balaban J connectivity index is 2.03. The molecule has 30 heavy (non-hydrogen) atoms. The van der Waals surface area contributed by atoms with E-state index in [9.17, 15) is 24.8 Å². The highest BCUT2D eigenvalue weighted by Gasteiger charge is 2.44. The molecule has 1 aliphatic heterocycles. The predicted octanol–water partition coefficient (Wildman–Crippen LogP) is 2.43. The van der Waals surface area contributed by atoms with Gasteiger partial charge in [0.05, 0.1) is 30.3 Å². The molecule has 2 aromatic rings. The molecule has 2 aromatic carbocycles. The second-order valence-electron chi connectivity index (χ2n) is 6.69. The number of allylic oxidation sites excluding steroid dienone is 1. The van der Waals surface area contributed by atoms with Crippen molar-refractivity contribution in [2.24, 2.45) is 0 Å². The lowest BCUT2D eigenvalue weighted by molar-refractivity contribution is -0.384. The van der Waals surface area contributed by atoms with Crippen molar-refractivity contribution >= 4 is 23.1 Å². The van der Waals surface area contributed by atoms with Crippen LogP contribution in [-0.2, 0) is 9.59 Å². The number of carbonyl (C=O) groups is 2. The maximum absolute atomic E-state index is 12.8. The number of ether oxygens (including phenoxy) is 1. The first-order valence-electron chi connectivity index (χ1n) is 9.19. The summed E-state index contributed by atoms with van der Waals surface area (Å²) in [7, 11) is 1.56. The Bertz CT molecular complexity index is 998. The third-order valence-corrected chi connectivity index (χ3v) is 4.87. The summed E-state index contributed by atoms with van der Waals surface area (Å²) in [6.45, 7) is 1.33. The summed E-state index contributed by atoms with van der Waals surface area (Å²) in [4.78, 5) is 37.1. The van der Waals surface area contributed by atoms with Crippen LogP contribution in [0.1, 0.15) is 18.5 Å². The van der Waals surface area contributed by atoms with Crippen LogP contribution < -0.4 is 10.1 Å². The molecule has 1 atom stereocenters. The molecule has 156 valence electrons. The van der Waals surface area contributed by atoms with E-state index >= 15 is 0 Å². The van der Waals surface area contributed by atoms with Gasteiger partial charge in [0.15, 0.2) is 0 Å². The topological polar surface area (TPSA) is 122 Å². The first-order valence-corrected chi connectivity index (χ1v) is 9.19. The van der Waals surface area contributed by atoms with Gasteiger partial charge in [-0.05, 0) is 48.9 Å². The molecule has 1 fully saturated rings. The number of β-amino-alcohol motifs (C(OH)–C–C–N with tert-alkyl or cyclic N) is 1. The summed E-state index contributed by atoms with van der Waals surface area (Å²) in [5.74, 6) is -0.723. The Hall–Kier alpha value is -3.72. The lowest BCUT2D eigenvalue weighted by Gasteiger charge is -2.25. The van der Waals surface area contributed by atoms with Gasteiger partial charge >= 0.3 is 0 Å². The second kappa shape index (κ2) is 8.75. The number of Topliss-reactive ketones (excluding diaryl/α,β-unsaturated/α-hetero) is 1. The molecule has 9 nitrogen and oxygen atoms in total. The number of nitro benzene ring substituents is 1. The van der Waals surface area contributed by atoms with Crippen molar-refractivity contribution in [3.63, 3.8) is 0 Å². The van der Waals surface area contributed by atoms with E-state index in [4.69, 9.17) is 4.74 Å². The zero-order valence-electron chi connectivity index (χ0n) is 16.5. The SMILES string of the molecule is COc1ccc(N/C(C)=C2\C(=O)C(=O)N(CCO)[C@@H]2c2ccc([N+](=O)[O-])cc2)cc1. The van der Waals surface area contributed by atoms with Gasteiger partial charge < -0.3 is 20.1 Å². The number of likely N-dealkylation sites (tertiary alicyclic amines) is 1. The number of hydrogen-bond acceptors (Lipinski definition) is 7. The molecule has 0 unspecified atom stereocenters. The van der Waals surface area contributed by atoms with Crippen molar-refractivity contribution in [1.29, 1.82) is 0 Å². The van der Waals surface area contributed by atoms with Gasteiger partial charge in [0.25, 0.3) is 17.4 Å². The molecular weight excluding hydrogens is 390 g/mol. The smallest absolute Gasteiger partial charge is 0.295 e. The van der Waals surface area contributed by atoms with Crippen LogP contribution in [-0.4, -0.2) is 46.9 Å². The average molecular weight is 411 g/mol. The van der Waals surface area contributed by atoms with Gasteiger partial charge in [0.2, 0.25) is 0 Å². The molecule has 0 spiro atoms. The third kappa shape index (κ3) is 4.01. The number of nitrogens with one attached hydrogen (secondary N) is 1. The number of amides is 1. The largest absolute Gasteiger partial charge is 0.497 e. The minimum atomic E-state index is -0.760. The summed E-state index contributed by atoms with van der Waals surface area (Å²) in [5.41, 5.74) is 1.85. The predicted molar refractivity (Wildman–Crippen MR) is 109 cm³/mol. The molecule has 0 aromatic heterocycles. The van der Waals surface area contributed by atoms with Crippen LogP contribution in [0.3, 0.4) is 0 Å². The molecule has 2 N–H and O–H groups in total. The summed E-state index contributed by atoms with van der Waals surface area (Å²) in [6, 6.07) is 12.0. The number of non-ortho nitro benzene ring substituents is 1. The lowest BCUT2D eigenvalue weighted by atomic mass is 9.96. The van der Waals surface area contributed by atoms with E-state index in [1.807, 2.05) is 0 Å². The van der Waals surface area contributed by atoms with Crippen LogP contribution in [0.25, 0.3) is 0 Å². The number of nitrogens with zero attached hydrogens (tertiary/aromatic N) is 2. The van der Waals surface area contributed by atoms with Gasteiger partial charge in [-0.25, -0.2) is 0 Å². The quantitative estimate of drug-likeness (QED) is 0.310. The normalized spacial score (nSPS) is 17.8. The van der Waals surface area contributed by atoms with E-state index in [0.29, 0.717) is 22.7 Å². The van der Waals surface area contributed by atoms with Crippen molar-refractivity contribution in [2.45, 2.75) is 13.0 Å². The number of anilines is 1. The number of nitro groups is 1. The molecule has 9 heteroatoms. The van der Waals surface area contributed by atoms with E-state index < -0.39 is 22.7 Å².